The standard InChI is InChI=1S/C12H14N2O/c1-3-14-12(15)11-6-4-5-10(9-11)7-8-13-2/h4-6,9H,3,7-8H2,1H3,(H,14,15). The van der Waals surface area contributed by atoms with Crippen LogP contribution in [0.4, 0.5) is 0 Å². The topological polar surface area (TPSA) is 33.5 Å². The second-order valence-electron chi connectivity index (χ2n) is 3.19. The van der Waals surface area contributed by atoms with E-state index in [9.17, 15) is 4.79 Å². The molecule has 1 aromatic rings. The van der Waals surface area contributed by atoms with Crippen LogP contribution in [0, 0.1) is 6.57 Å². The molecule has 0 saturated heterocycles. The van der Waals surface area contributed by atoms with Crippen LogP contribution in [0.1, 0.15) is 22.8 Å². The van der Waals surface area contributed by atoms with Crippen molar-refractivity contribution in [3.05, 3.63) is 46.8 Å². The number of benzene rings is 1. The largest absolute Gasteiger partial charge is 0.352 e. The normalized spacial score (nSPS) is 9.33. The van der Waals surface area contributed by atoms with Gasteiger partial charge in [0.2, 0.25) is 6.54 Å². The molecule has 0 aliphatic heterocycles. The summed E-state index contributed by atoms with van der Waals surface area (Å²) in [6.45, 7) is 9.69. The average molecular weight is 202 g/mol. The zero-order valence-electron chi connectivity index (χ0n) is 8.79. The molecule has 0 atom stereocenters. The first-order chi connectivity index (χ1) is 7.27. The van der Waals surface area contributed by atoms with Crippen molar-refractivity contribution < 1.29 is 4.79 Å². The van der Waals surface area contributed by atoms with Crippen LogP contribution in [0.25, 0.3) is 4.85 Å². The summed E-state index contributed by atoms with van der Waals surface area (Å²) >= 11 is 0. The summed E-state index contributed by atoms with van der Waals surface area (Å²) in [5, 5.41) is 2.75. The Balaban J connectivity index is 2.74. The molecule has 0 bridgehead atoms. The van der Waals surface area contributed by atoms with Crippen LogP contribution >= 0.6 is 0 Å². The lowest BCUT2D eigenvalue weighted by molar-refractivity contribution is 0.0955. The van der Waals surface area contributed by atoms with Gasteiger partial charge in [-0.15, -0.1) is 0 Å². The van der Waals surface area contributed by atoms with Crippen LogP contribution in [-0.4, -0.2) is 19.0 Å². The van der Waals surface area contributed by atoms with E-state index in [0.717, 1.165) is 5.56 Å². The van der Waals surface area contributed by atoms with Crippen molar-refractivity contribution in [1.82, 2.24) is 5.32 Å². The first-order valence-corrected chi connectivity index (χ1v) is 4.98. The van der Waals surface area contributed by atoms with Crippen LogP contribution in [-0.2, 0) is 6.42 Å². The van der Waals surface area contributed by atoms with E-state index in [1.54, 1.807) is 6.07 Å². The maximum absolute atomic E-state index is 11.5. The number of nitrogens with one attached hydrogen (secondary N) is 1. The third-order valence-corrected chi connectivity index (χ3v) is 2.04. The van der Waals surface area contributed by atoms with Gasteiger partial charge >= 0.3 is 0 Å². The van der Waals surface area contributed by atoms with Crippen LogP contribution in [0.5, 0.6) is 0 Å². The first kappa shape index (κ1) is 11.3. The minimum Gasteiger partial charge on any atom is -0.352 e. The van der Waals surface area contributed by atoms with Gasteiger partial charge < -0.3 is 10.2 Å². The Morgan fingerprint density at radius 1 is 1.53 bits per heavy atom. The van der Waals surface area contributed by atoms with E-state index in [1.165, 1.54) is 0 Å². The molecule has 1 aromatic carbocycles. The molecule has 1 rings (SSSR count). The Kier molecular flexibility index (Phi) is 4.36. The molecular formula is C12H14N2O. The molecular weight excluding hydrogens is 188 g/mol. The lowest BCUT2D eigenvalue weighted by Crippen LogP contribution is -2.22. The number of carbonyl (C=O) groups excluding carboxylic acids is 1. The Morgan fingerprint density at radius 3 is 3.00 bits per heavy atom. The second-order valence-corrected chi connectivity index (χ2v) is 3.19. The second kappa shape index (κ2) is 5.82. The molecule has 1 N–H and O–H groups in total. The van der Waals surface area contributed by atoms with Crippen LogP contribution < -0.4 is 5.32 Å². The van der Waals surface area contributed by atoms with E-state index < -0.39 is 0 Å². The van der Waals surface area contributed by atoms with Crippen molar-refractivity contribution in [2.75, 3.05) is 13.1 Å². The van der Waals surface area contributed by atoms with Gasteiger partial charge in [0.1, 0.15) is 0 Å². The quantitative estimate of drug-likeness (QED) is 0.743. The fourth-order valence-corrected chi connectivity index (χ4v) is 1.32. The van der Waals surface area contributed by atoms with E-state index >= 15 is 0 Å². The number of rotatable bonds is 4. The first-order valence-electron chi connectivity index (χ1n) is 4.98. The van der Waals surface area contributed by atoms with E-state index in [4.69, 9.17) is 6.57 Å². The zero-order chi connectivity index (χ0) is 11.1. The molecule has 0 spiro atoms. The van der Waals surface area contributed by atoms with Crippen molar-refractivity contribution in [2.45, 2.75) is 13.3 Å². The summed E-state index contributed by atoms with van der Waals surface area (Å²) in [6, 6.07) is 7.42. The summed E-state index contributed by atoms with van der Waals surface area (Å²) in [5.41, 5.74) is 1.70. The smallest absolute Gasteiger partial charge is 0.251 e. The molecule has 0 aromatic heterocycles. The summed E-state index contributed by atoms with van der Waals surface area (Å²) < 4.78 is 0. The highest BCUT2D eigenvalue weighted by molar-refractivity contribution is 5.94. The third kappa shape index (κ3) is 3.43. The number of hydrogen-bond donors (Lipinski definition) is 1. The molecule has 3 nitrogen and oxygen atoms in total. The van der Waals surface area contributed by atoms with Gasteiger partial charge in [0.15, 0.2) is 0 Å². The fourth-order valence-electron chi connectivity index (χ4n) is 1.32. The summed E-state index contributed by atoms with van der Waals surface area (Å²) in [4.78, 5) is 14.8. The van der Waals surface area contributed by atoms with Crippen molar-refractivity contribution >= 4 is 5.91 Å². The van der Waals surface area contributed by atoms with Gasteiger partial charge in [0.05, 0.1) is 0 Å². The Hall–Kier alpha value is -1.82. The fraction of sp³-hybridized carbons (Fsp3) is 0.333. The number of nitrogens with zero attached hydrogens (tertiary/aromatic N) is 1. The Labute approximate surface area is 89.9 Å². The molecule has 15 heavy (non-hydrogen) atoms. The molecule has 0 unspecified atom stereocenters. The maximum atomic E-state index is 11.5. The number of carbonyl (C=O) groups is 1. The molecule has 0 radical (unpaired) electrons. The third-order valence-electron chi connectivity index (χ3n) is 2.04. The average Bonchev–Trinajstić information content (AvgIpc) is 2.27. The highest BCUT2D eigenvalue weighted by atomic mass is 16.1. The molecule has 0 heterocycles. The molecule has 3 heteroatoms. The van der Waals surface area contributed by atoms with Crippen LogP contribution in [0.15, 0.2) is 24.3 Å². The van der Waals surface area contributed by atoms with Crippen molar-refractivity contribution in [2.24, 2.45) is 0 Å². The van der Waals surface area contributed by atoms with E-state index in [-0.39, 0.29) is 5.91 Å². The van der Waals surface area contributed by atoms with Crippen molar-refractivity contribution in [3.63, 3.8) is 0 Å². The lowest BCUT2D eigenvalue weighted by Gasteiger charge is -2.03. The summed E-state index contributed by atoms with van der Waals surface area (Å²) in [7, 11) is 0. The monoisotopic (exact) mass is 202 g/mol. The van der Waals surface area contributed by atoms with Gasteiger partial charge in [-0.2, -0.15) is 0 Å². The predicted molar refractivity (Wildman–Crippen MR) is 59.6 cm³/mol. The van der Waals surface area contributed by atoms with Gasteiger partial charge in [-0.25, -0.2) is 6.57 Å². The number of amides is 1. The van der Waals surface area contributed by atoms with Gasteiger partial charge in [0.25, 0.3) is 5.91 Å². The molecule has 78 valence electrons. The highest BCUT2D eigenvalue weighted by Crippen LogP contribution is 2.06. The molecule has 0 aliphatic carbocycles. The van der Waals surface area contributed by atoms with E-state index in [0.29, 0.717) is 25.1 Å². The summed E-state index contributed by atoms with van der Waals surface area (Å²) in [6.07, 6.45) is 0.705. The molecule has 0 aliphatic rings. The molecule has 0 fully saturated rings. The van der Waals surface area contributed by atoms with Crippen LogP contribution in [0.3, 0.4) is 0 Å². The minimum absolute atomic E-state index is 0.0536. The van der Waals surface area contributed by atoms with E-state index in [2.05, 4.69) is 10.2 Å². The van der Waals surface area contributed by atoms with Crippen LogP contribution in [0.2, 0.25) is 0 Å². The molecule has 0 saturated carbocycles. The van der Waals surface area contributed by atoms with Gasteiger partial charge in [-0.05, 0) is 24.6 Å². The highest BCUT2D eigenvalue weighted by Gasteiger charge is 2.04. The van der Waals surface area contributed by atoms with Gasteiger partial charge in [0, 0.05) is 18.5 Å². The van der Waals surface area contributed by atoms with E-state index in [1.807, 2.05) is 25.1 Å². The summed E-state index contributed by atoms with van der Waals surface area (Å²) in [5.74, 6) is -0.0536. The van der Waals surface area contributed by atoms with Crippen molar-refractivity contribution in [3.8, 4) is 0 Å². The van der Waals surface area contributed by atoms with Gasteiger partial charge in [-0.3, -0.25) is 4.79 Å². The predicted octanol–water partition coefficient (Wildman–Crippen LogP) is 1.90. The van der Waals surface area contributed by atoms with Gasteiger partial charge in [-0.1, -0.05) is 12.1 Å². The zero-order valence-corrected chi connectivity index (χ0v) is 8.79. The SMILES string of the molecule is [C-]#[N+]CCc1cccc(C(=O)NCC)c1. The molecule has 1 amide bonds. The lowest BCUT2D eigenvalue weighted by atomic mass is 10.1. The minimum atomic E-state index is -0.0536. The maximum Gasteiger partial charge on any atom is 0.251 e. The van der Waals surface area contributed by atoms with Crippen molar-refractivity contribution in [1.29, 1.82) is 0 Å². The Bertz CT molecular complexity index is 379. The Morgan fingerprint density at radius 2 is 2.33 bits per heavy atom. The number of hydrogen-bond acceptors (Lipinski definition) is 1.